The Kier molecular flexibility index (Phi) is 3.94. The van der Waals surface area contributed by atoms with Crippen LogP contribution in [0.3, 0.4) is 0 Å². The maximum absolute atomic E-state index is 6.35. The second-order valence-electron chi connectivity index (χ2n) is 8.59. The molecule has 4 aromatic carbocycles. The highest BCUT2D eigenvalue weighted by atomic mass is 16.5. The van der Waals surface area contributed by atoms with Gasteiger partial charge in [-0.15, -0.1) is 0 Å². The maximum atomic E-state index is 6.35. The van der Waals surface area contributed by atoms with Crippen LogP contribution >= 0.6 is 0 Å². The Morgan fingerprint density at radius 3 is 1.86 bits per heavy atom. The van der Waals surface area contributed by atoms with Gasteiger partial charge in [0, 0.05) is 16.5 Å². The summed E-state index contributed by atoms with van der Waals surface area (Å²) < 4.78 is 6.35. The lowest BCUT2D eigenvalue weighted by Gasteiger charge is -2.24. The molecule has 1 heterocycles. The first-order valence-electron chi connectivity index (χ1n) is 10.3. The Labute approximate surface area is 167 Å². The molecule has 0 fully saturated rings. The van der Waals surface area contributed by atoms with Crippen LogP contribution in [0.5, 0.6) is 5.75 Å². The van der Waals surface area contributed by atoms with Crippen molar-refractivity contribution >= 4 is 21.5 Å². The number of fused-ring (bicyclic) bond motifs is 7. The first-order chi connectivity index (χ1) is 13.5. The number of ether oxygens (including phenoxy) is 1. The van der Waals surface area contributed by atoms with Gasteiger partial charge in [0.05, 0.1) is 0 Å². The molecule has 0 N–H and O–H groups in total. The van der Waals surface area contributed by atoms with Crippen molar-refractivity contribution in [3.05, 3.63) is 77.4 Å². The lowest BCUT2D eigenvalue weighted by Crippen LogP contribution is -2.07. The fourth-order valence-corrected chi connectivity index (χ4v) is 4.37. The van der Waals surface area contributed by atoms with Gasteiger partial charge in [-0.3, -0.25) is 0 Å². The van der Waals surface area contributed by atoms with Crippen molar-refractivity contribution in [2.45, 2.75) is 46.1 Å². The molecule has 1 nitrogen and oxygen atoms in total. The van der Waals surface area contributed by atoms with E-state index < -0.39 is 0 Å². The molecule has 1 aliphatic rings. The number of hydrogen-bond acceptors (Lipinski definition) is 1. The van der Waals surface area contributed by atoms with Crippen LogP contribution in [0, 0.1) is 0 Å². The van der Waals surface area contributed by atoms with Crippen LogP contribution in [0.1, 0.15) is 56.2 Å². The third-order valence-corrected chi connectivity index (χ3v) is 6.13. The lowest BCUT2D eigenvalue weighted by atomic mass is 9.89. The number of hydrogen-bond donors (Lipinski definition) is 0. The molecule has 0 saturated carbocycles. The Morgan fingerprint density at radius 1 is 0.643 bits per heavy atom. The fraction of sp³-hybridized carbons (Fsp3) is 0.259. The van der Waals surface area contributed by atoms with E-state index in [1.807, 2.05) is 0 Å². The van der Waals surface area contributed by atoms with E-state index >= 15 is 0 Å². The molecule has 4 aromatic rings. The van der Waals surface area contributed by atoms with Gasteiger partial charge < -0.3 is 4.74 Å². The molecule has 0 bridgehead atoms. The summed E-state index contributed by atoms with van der Waals surface area (Å²) in [7, 11) is 0. The van der Waals surface area contributed by atoms with Gasteiger partial charge in [-0.05, 0) is 44.7 Å². The maximum Gasteiger partial charge on any atom is 0.135 e. The van der Waals surface area contributed by atoms with Crippen LogP contribution in [-0.4, -0.2) is 0 Å². The molecule has 28 heavy (non-hydrogen) atoms. The van der Waals surface area contributed by atoms with Crippen LogP contribution < -0.4 is 4.74 Å². The SMILES string of the molecule is CC(C)c1ccc2c3c(ccc2c1)-c1ccc2cc(C(C)C)ccc2c1OC3. The normalized spacial score (nSPS) is 13.1. The summed E-state index contributed by atoms with van der Waals surface area (Å²) >= 11 is 0. The zero-order valence-corrected chi connectivity index (χ0v) is 17.0. The van der Waals surface area contributed by atoms with Gasteiger partial charge in [0.15, 0.2) is 0 Å². The van der Waals surface area contributed by atoms with Crippen molar-refractivity contribution in [2.75, 3.05) is 0 Å². The summed E-state index contributed by atoms with van der Waals surface area (Å²) in [6, 6.07) is 22.6. The molecule has 0 aromatic heterocycles. The smallest absolute Gasteiger partial charge is 0.135 e. The van der Waals surface area contributed by atoms with Crippen molar-refractivity contribution in [1.82, 2.24) is 0 Å². The highest BCUT2D eigenvalue weighted by Crippen LogP contribution is 2.44. The van der Waals surface area contributed by atoms with Crippen LogP contribution in [0.25, 0.3) is 32.7 Å². The van der Waals surface area contributed by atoms with Crippen LogP contribution in [0.15, 0.2) is 60.7 Å². The molecule has 0 unspecified atom stereocenters. The van der Waals surface area contributed by atoms with Gasteiger partial charge >= 0.3 is 0 Å². The van der Waals surface area contributed by atoms with Crippen molar-refractivity contribution in [1.29, 1.82) is 0 Å². The molecule has 1 heteroatoms. The minimum Gasteiger partial charge on any atom is -0.488 e. The van der Waals surface area contributed by atoms with E-state index in [1.54, 1.807) is 0 Å². The van der Waals surface area contributed by atoms with E-state index in [4.69, 9.17) is 4.74 Å². The van der Waals surface area contributed by atoms with Gasteiger partial charge in [-0.2, -0.15) is 0 Å². The molecule has 0 spiro atoms. The van der Waals surface area contributed by atoms with Crippen molar-refractivity contribution in [3.63, 3.8) is 0 Å². The van der Waals surface area contributed by atoms with Gasteiger partial charge in [0.1, 0.15) is 12.4 Å². The summed E-state index contributed by atoms with van der Waals surface area (Å²) in [5, 5.41) is 5.08. The second-order valence-corrected chi connectivity index (χ2v) is 8.59. The Morgan fingerprint density at radius 2 is 1.21 bits per heavy atom. The first kappa shape index (κ1) is 17.3. The lowest BCUT2D eigenvalue weighted by molar-refractivity contribution is 0.308. The fourth-order valence-electron chi connectivity index (χ4n) is 4.37. The quantitative estimate of drug-likeness (QED) is 0.351. The molecular formula is C27H26O. The average molecular weight is 367 g/mol. The summed E-state index contributed by atoms with van der Waals surface area (Å²) in [4.78, 5) is 0. The van der Waals surface area contributed by atoms with Crippen LogP contribution in [0.2, 0.25) is 0 Å². The molecular weight excluding hydrogens is 340 g/mol. The molecule has 0 atom stereocenters. The van der Waals surface area contributed by atoms with Crippen LogP contribution in [0.4, 0.5) is 0 Å². The van der Waals surface area contributed by atoms with Crippen molar-refractivity contribution in [3.8, 4) is 16.9 Å². The predicted molar refractivity (Wildman–Crippen MR) is 119 cm³/mol. The summed E-state index contributed by atoms with van der Waals surface area (Å²) in [5.74, 6) is 2.10. The largest absolute Gasteiger partial charge is 0.488 e. The first-order valence-corrected chi connectivity index (χ1v) is 10.3. The van der Waals surface area contributed by atoms with E-state index in [0.29, 0.717) is 18.4 Å². The molecule has 0 saturated heterocycles. The monoisotopic (exact) mass is 366 g/mol. The average Bonchev–Trinajstić information content (AvgIpc) is 2.71. The zero-order valence-electron chi connectivity index (χ0n) is 17.0. The molecule has 0 aliphatic carbocycles. The third kappa shape index (κ3) is 2.61. The summed E-state index contributed by atoms with van der Waals surface area (Å²) in [6.07, 6.45) is 0. The third-order valence-electron chi connectivity index (χ3n) is 6.13. The topological polar surface area (TPSA) is 9.23 Å². The molecule has 140 valence electrons. The van der Waals surface area contributed by atoms with E-state index in [2.05, 4.69) is 88.4 Å². The van der Waals surface area contributed by atoms with Gasteiger partial charge in [-0.25, -0.2) is 0 Å². The number of rotatable bonds is 2. The highest BCUT2D eigenvalue weighted by Gasteiger charge is 2.21. The molecule has 1 aliphatic heterocycles. The number of benzene rings is 4. The van der Waals surface area contributed by atoms with E-state index in [1.165, 1.54) is 49.4 Å². The predicted octanol–water partition coefficient (Wildman–Crippen LogP) is 7.80. The standard InChI is InChI=1S/C27H26O/c1-16(2)18-5-9-22-20(13-18)7-11-24-25-12-8-21-14-19(17(3)4)6-10-23(21)27(25)28-15-26(22)24/h5-14,16-17H,15H2,1-4H3. The molecule has 0 radical (unpaired) electrons. The Balaban J connectivity index is 1.70. The summed E-state index contributed by atoms with van der Waals surface area (Å²) in [5.41, 5.74) is 6.58. The van der Waals surface area contributed by atoms with Crippen LogP contribution in [-0.2, 0) is 6.61 Å². The molecule has 5 rings (SSSR count). The van der Waals surface area contributed by atoms with E-state index in [-0.39, 0.29) is 0 Å². The Hall–Kier alpha value is -2.80. The minimum absolute atomic E-state index is 0.532. The highest BCUT2D eigenvalue weighted by molar-refractivity contribution is 6.00. The second kappa shape index (κ2) is 6.38. The molecule has 0 amide bonds. The van der Waals surface area contributed by atoms with E-state index in [9.17, 15) is 0 Å². The summed E-state index contributed by atoms with van der Waals surface area (Å²) in [6.45, 7) is 9.60. The van der Waals surface area contributed by atoms with Crippen molar-refractivity contribution < 1.29 is 4.74 Å². The van der Waals surface area contributed by atoms with Crippen molar-refractivity contribution in [2.24, 2.45) is 0 Å². The zero-order chi connectivity index (χ0) is 19.4. The van der Waals surface area contributed by atoms with Gasteiger partial charge in [0.2, 0.25) is 0 Å². The Bertz CT molecular complexity index is 1120. The van der Waals surface area contributed by atoms with Gasteiger partial charge in [-0.1, -0.05) is 88.4 Å². The van der Waals surface area contributed by atoms with Gasteiger partial charge in [0.25, 0.3) is 0 Å². The minimum atomic E-state index is 0.532. The van der Waals surface area contributed by atoms with E-state index in [0.717, 1.165) is 5.75 Å².